The number of nitrogens with zero attached hydrogens (tertiary/aromatic N) is 5. The number of fused-ring (bicyclic) bond motifs is 1. The number of thiazole rings is 1. The van der Waals surface area contributed by atoms with Gasteiger partial charge in [0.15, 0.2) is 0 Å². The smallest absolute Gasteiger partial charge is 0.230 e. The van der Waals surface area contributed by atoms with Gasteiger partial charge in [-0.3, -0.25) is 4.90 Å². The molecule has 3 heterocycles. The van der Waals surface area contributed by atoms with Crippen LogP contribution in [0.5, 0.6) is 5.88 Å². The van der Waals surface area contributed by atoms with Crippen LogP contribution < -0.4 is 4.90 Å². The number of hydrogen-bond donors (Lipinski definition) is 1. The molecule has 0 unspecified atom stereocenters. The zero-order valence-electron chi connectivity index (χ0n) is 16.9. The van der Waals surface area contributed by atoms with E-state index in [0.717, 1.165) is 47.3 Å². The molecule has 1 aliphatic rings. The normalized spacial score (nSPS) is 16.2. The molecule has 2 aromatic carbocycles. The predicted molar refractivity (Wildman–Crippen MR) is 126 cm³/mol. The summed E-state index contributed by atoms with van der Waals surface area (Å²) in [5.41, 5.74) is 2.17. The Morgan fingerprint density at radius 2 is 1.71 bits per heavy atom. The van der Waals surface area contributed by atoms with Gasteiger partial charge in [-0.05, 0) is 42.8 Å². The summed E-state index contributed by atoms with van der Waals surface area (Å²) in [5, 5.41) is 16.7. The first-order valence-corrected chi connectivity index (χ1v) is 11.6. The SMILES string of the molecule is Cc1nc2sc([C@H](c3cccc(Cl)c3)N3CCN(c4cccc(Cl)c4)CC3)c(O)n2n1. The molecule has 6 nitrogen and oxygen atoms in total. The Kier molecular flexibility index (Phi) is 5.52. The van der Waals surface area contributed by atoms with Crippen molar-refractivity contribution in [3.05, 3.63) is 74.8 Å². The lowest BCUT2D eigenvalue weighted by atomic mass is 10.0. The van der Waals surface area contributed by atoms with E-state index in [0.29, 0.717) is 15.8 Å². The molecule has 1 aliphatic heterocycles. The standard InChI is InChI=1S/C22H21Cl2N5OS/c1-14-25-22-29(26-14)21(30)20(31-22)19(15-4-2-5-16(23)12-15)28-10-8-27(9-11-28)18-7-3-6-17(24)13-18/h2-7,12-13,19,30H,8-11H2,1H3/t19-/m0/s1. The van der Waals surface area contributed by atoms with E-state index in [1.54, 1.807) is 0 Å². The molecule has 0 bridgehead atoms. The highest BCUT2D eigenvalue weighted by molar-refractivity contribution is 7.17. The third-order valence-corrected chi connectivity index (χ3v) is 7.11. The van der Waals surface area contributed by atoms with E-state index in [-0.39, 0.29) is 11.9 Å². The van der Waals surface area contributed by atoms with Crippen LogP contribution in [0.25, 0.3) is 4.96 Å². The van der Waals surface area contributed by atoms with Crippen molar-refractivity contribution < 1.29 is 5.11 Å². The number of benzene rings is 2. The highest BCUT2D eigenvalue weighted by atomic mass is 35.5. The maximum Gasteiger partial charge on any atom is 0.230 e. The van der Waals surface area contributed by atoms with Crippen molar-refractivity contribution >= 4 is 45.2 Å². The van der Waals surface area contributed by atoms with Gasteiger partial charge in [-0.1, -0.05) is 52.7 Å². The highest BCUT2D eigenvalue weighted by Crippen LogP contribution is 2.41. The van der Waals surface area contributed by atoms with Crippen LogP contribution in [0.4, 0.5) is 5.69 Å². The van der Waals surface area contributed by atoms with Crippen LogP contribution in [0.3, 0.4) is 0 Å². The van der Waals surface area contributed by atoms with Crippen molar-refractivity contribution in [3.63, 3.8) is 0 Å². The summed E-state index contributed by atoms with van der Waals surface area (Å²) in [6.45, 7) is 5.20. The van der Waals surface area contributed by atoms with Crippen molar-refractivity contribution in [2.75, 3.05) is 31.1 Å². The summed E-state index contributed by atoms with van der Waals surface area (Å²) in [5.74, 6) is 0.783. The number of anilines is 1. The van der Waals surface area contributed by atoms with Gasteiger partial charge < -0.3 is 10.0 Å². The first-order valence-electron chi connectivity index (χ1n) is 10.0. The van der Waals surface area contributed by atoms with Crippen LogP contribution in [0.15, 0.2) is 48.5 Å². The molecule has 0 spiro atoms. The molecule has 31 heavy (non-hydrogen) atoms. The average Bonchev–Trinajstić information content (AvgIpc) is 3.26. The molecule has 9 heteroatoms. The lowest BCUT2D eigenvalue weighted by Crippen LogP contribution is -2.47. The highest BCUT2D eigenvalue weighted by Gasteiger charge is 2.32. The Bertz CT molecular complexity index is 1230. The van der Waals surface area contributed by atoms with Gasteiger partial charge in [0.25, 0.3) is 0 Å². The third kappa shape index (κ3) is 3.99. The summed E-state index contributed by atoms with van der Waals surface area (Å²) < 4.78 is 1.52. The summed E-state index contributed by atoms with van der Waals surface area (Å²) in [7, 11) is 0. The monoisotopic (exact) mass is 473 g/mol. The van der Waals surface area contributed by atoms with E-state index >= 15 is 0 Å². The molecule has 5 rings (SSSR count). The van der Waals surface area contributed by atoms with E-state index in [2.05, 4.69) is 32.0 Å². The Morgan fingerprint density at radius 1 is 1.00 bits per heavy atom. The minimum atomic E-state index is -0.131. The van der Waals surface area contributed by atoms with Crippen LogP contribution in [0, 0.1) is 6.92 Å². The van der Waals surface area contributed by atoms with Crippen LogP contribution in [0.1, 0.15) is 22.3 Å². The van der Waals surface area contributed by atoms with Crippen molar-refractivity contribution in [1.82, 2.24) is 19.5 Å². The lowest BCUT2D eigenvalue weighted by Gasteiger charge is -2.40. The summed E-state index contributed by atoms with van der Waals surface area (Å²) in [4.78, 5) is 10.7. The van der Waals surface area contributed by atoms with Crippen molar-refractivity contribution in [3.8, 4) is 5.88 Å². The molecule has 1 fully saturated rings. The molecule has 0 radical (unpaired) electrons. The molecule has 2 aromatic heterocycles. The van der Waals surface area contributed by atoms with E-state index < -0.39 is 0 Å². The van der Waals surface area contributed by atoms with Crippen LogP contribution in [0.2, 0.25) is 10.0 Å². The summed E-state index contributed by atoms with van der Waals surface area (Å²) >= 11 is 14.0. The van der Waals surface area contributed by atoms with Gasteiger partial charge >= 0.3 is 0 Å². The van der Waals surface area contributed by atoms with Gasteiger partial charge in [0, 0.05) is 41.9 Å². The number of aromatic nitrogens is 3. The number of rotatable bonds is 4. The quantitative estimate of drug-likeness (QED) is 0.450. The molecule has 0 amide bonds. The van der Waals surface area contributed by atoms with Crippen molar-refractivity contribution in [2.45, 2.75) is 13.0 Å². The second-order valence-electron chi connectivity index (χ2n) is 7.60. The number of aryl methyl sites for hydroxylation is 1. The molecule has 1 saturated heterocycles. The molecular formula is C22H21Cl2N5OS. The Hall–Kier alpha value is -2.32. The van der Waals surface area contributed by atoms with E-state index in [1.807, 2.05) is 43.3 Å². The van der Waals surface area contributed by atoms with Crippen LogP contribution in [-0.2, 0) is 0 Å². The fourth-order valence-corrected chi connectivity index (χ4v) is 5.69. The molecule has 0 aliphatic carbocycles. The second kappa shape index (κ2) is 8.31. The maximum absolute atomic E-state index is 11.0. The number of halogens is 2. The maximum atomic E-state index is 11.0. The molecule has 4 aromatic rings. The number of aromatic hydroxyl groups is 1. The minimum Gasteiger partial charge on any atom is -0.492 e. The number of hydrogen-bond acceptors (Lipinski definition) is 6. The first kappa shape index (κ1) is 20.6. The van der Waals surface area contributed by atoms with Gasteiger partial charge in [-0.2, -0.15) is 4.52 Å². The van der Waals surface area contributed by atoms with E-state index in [1.165, 1.54) is 15.9 Å². The number of piperazine rings is 1. The molecule has 160 valence electrons. The lowest BCUT2D eigenvalue weighted by molar-refractivity contribution is 0.211. The van der Waals surface area contributed by atoms with Crippen LogP contribution >= 0.6 is 34.5 Å². The minimum absolute atomic E-state index is 0.131. The second-order valence-corrected chi connectivity index (χ2v) is 9.49. The van der Waals surface area contributed by atoms with Crippen LogP contribution in [-0.4, -0.2) is 50.8 Å². The fraction of sp³-hybridized carbons (Fsp3) is 0.273. The van der Waals surface area contributed by atoms with E-state index in [9.17, 15) is 5.11 Å². The van der Waals surface area contributed by atoms with E-state index in [4.69, 9.17) is 23.2 Å². The first-order chi connectivity index (χ1) is 15.0. The van der Waals surface area contributed by atoms with Gasteiger partial charge in [0.2, 0.25) is 10.8 Å². The van der Waals surface area contributed by atoms with Crippen molar-refractivity contribution in [2.24, 2.45) is 0 Å². The largest absolute Gasteiger partial charge is 0.492 e. The molecular weight excluding hydrogens is 453 g/mol. The zero-order valence-corrected chi connectivity index (χ0v) is 19.2. The van der Waals surface area contributed by atoms with Gasteiger partial charge in [0.05, 0.1) is 10.9 Å². The van der Waals surface area contributed by atoms with Crippen molar-refractivity contribution in [1.29, 1.82) is 0 Å². The van der Waals surface area contributed by atoms with Gasteiger partial charge in [-0.15, -0.1) is 5.10 Å². The molecule has 0 saturated carbocycles. The third-order valence-electron chi connectivity index (χ3n) is 5.57. The Balaban J connectivity index is 1.48. The zero-order chi connectivity index (χ0) is 21.5. The molecule has 1 atom stereocenters. The summed E-state index contributed by atoms with van der Waals surface area (Å²) in [6, 6.07) is 15.7. The fourth-order valence-electron chi connectivity index (χ4n) is 4.14. The topological polar surface area (TPSA) is 56.9 Å². The van der Waals surface area contributed by atoms with Gasteiger partial charge in [0.1, 0.15) is 5.82 Å². The molecule has 1 N–H and O–H groups in total. The Labute approximate surface area is 194 Å². The predicted octanol–water partition coefficient (Wildman–Crippen LogP) is 5.02. The average molecular weight is 474 g/mol. The summed E-state index contributed by atoms with van der Waals surface area (Å²) in [6.07, 6.45) is 0. The van der Waals surface area contributed by atoms with Gasteiger partial charge in [-0.25, -0.2) is 4.98 Å². The Morgan fingerprint density at radius 3 is 2.39 bits per heavy atom.